The van der Waals surface area contributed by atoms with E-state index in [0.717, 1.165) is 12.0 Å². The van der Waals surface area contributed by atoms with Gasteiger partial charge in [-0.15, -0.1) is 0 Å². The van der Waals surface area contributed by atoms with Gasteiger partial charge in [0.15, 0.2) is 16.3 Å². The van der Waals surface area contributed by atoms with Crippen LogP contribution in [-0.2, 0) is 16.1 Å². The smallest absolute Gasteiger partial charge is 0.338 e. The largest absolute Gasteiger partial charge is 0.496 e. The number of carbonyl (C=O) groups is 1. The third-order valence-electron chi connectivity index (χ3n) is 7.17. The standard InChI is InChI=1S/C34H32ClFN2O6S/c1-5-7-25-30(33(40)43-6-2)31(24-18-22(35)11-15-26(24)41-3)38-32(39)29(45-34(38)37-25)17-21-10-14-27(28(16-21)42-4)44-19-20-8-12-23(36)13-9-20/h8-18,31H,5-7,19H2,1-4H3/b29-17+/t31-/m1/s1. The highest BCUT2D eigenvalue weighted by atomic mass is 35.5. The molecule has 11 heteroatoms. The topological polar surface area (TPSA) is 88.4 Å². The predicted octanol–water partition coefficient (Wildman–Crippen LogP) is 5.97. The summed E-state index contributed by atoms with van der Waals surface area (Å²) in [5.41, 5.74) is 2.55. The van der Waals surface area contributed by atoms with Crippen LogP contribution in [0.3, 0.4) is 0 Å². The Kier molecular flexibility index (Phi) is 10.0. The van der Waals surface area contributed by atoms with Gasteiger partial charge in [-0.25, -0.2) is 14.2 Å². The molecule has 4 aromatic rings. The maximum atomic E-state index is 14.1. The molecule has 0 N–H and O–H groups in total. The lowest BCUT2D eigenvalue weighted by Gasteiger charge is -2.27. The first-order valence-corrected chi connectivity index (χ1v) is 15.6. The molecule has 0 amide bonds. The third kappa shape index (κ3) is 6.82. The van der Waals surface area contributed by atoms with E-state index in [1.165, 1.54) is 42.3 Å². The molecule has 0 saturated carbocycles. The first-order valence-electron chi connectivity index (χ1n) is 14.4. The van der Waals surface area contributed by atoms with Crippen molar-refractivity contribution in [2.75, 3.05) is 20.8 Å². The Morgan fingerprint density at radius 2 is 1.76 bits per heavy atom. The molecule has 1 aromatic heterocycles. The molecule has 1 atom stereocenters. The number of allylic oxidation sites excluding steroid dienone is 1. The van der Waals surface area contributed by atoms with Crippen LogP contribution >= 0.6 is 22.9 Å². The van der Waals surface area contributed by atoms with E-state index in [9.17, 15) is 14.0 Å². The zero-order chi connectivity index (χ0) is 32.1. The number of fused-ring (bicyclic) bond motifs is 1. The number of nitrogens with zero attached hydrogens (tertiary/aromatic N) is 2. The molecule has 3 aromatic carbocycles. The summed E-state index contributed by atoms with van der Waals surface area (Å²) in [5, 5.41) is 0.430. The summed E-state index contributed by atoms with van der Waals surface area (Å²) in [6.07, 6.45) is 2.98. The van der Waals surface area contributed by atoms with Gasteiger partial charge in [-0.1, -0.05) is 54.5 Å². The van der Waals surface area contributed by atoms with Crippen LogP contribution in [0.1, 0.15) is 49.4 Å². The second kappa shape index (κ2) is 14.1. The molecule has 0 radical (unpaired) electrons. The Hall–Kier alpha value is -4.41. The molecule has 2 heterocycles. The van der Waals surface area contributed by atoms with Crippen LogP contribution in [0.5, 0.6) is 17.2 Å². The number of ether oxygens (including phenoxy) is 4. The fourth-order valence-electron chi connectivity index (χ4n) is 5.12. The Balaban J connectivity index is 1.61. The van der Waals surface area contributed by atoms with Gasteiger partial charge in [0.2, 0.25) is 0 Å². The Morgan fingerprint density at radius 1 is 1.02 bits per heavy atom. The van der Waals surface area contributed by atoms with E-state index in [-0.39, 0.29) is 30.2 Å². The molecule has 8 nitrogen and oxygen atoms in total. The molecule has 0 aliphatic carbocycles. The SMILES string of the molecule is CCCC1=C(C(=O)OCC)[C@@H](c2cc(Cl)ccc2OC)n2c(s/c(=C/c3ccc(OCc4ccc(F)cc4)c(OC)c3)c2=O)=N1. The van der Waals surface area contributed by atoms with E-state index < -0.39 is 12.0 Å². The monoisotopic (exact) mass is 650 g/mol. The highest BCUT2D eigenvalue weighted by Crippen LogP contribution is 2.38. The van der Waals surface area contributed by atoms with Crippen molar-refractivity contribution in [3.63, 3.8) is 0 Å². The lowest BCUT2D eigenvalue weighted by Crippen LogP contribution is -2.40. The van der Waals surface area contributed by atoms with Crippen molar-refractivity contribution in [1.82, 2.24) is 4.57 Å². The minimum atomic E-state index is -0.866. The number of aromatic nitrogens is 1. The molecule has 5 rings (SSSR count). The number of methoxy groups -OCH3 is 2. The van der Waals surface area contributed by atoms with Crippen LogP contribution < -0.4 is 29.1 Å². The van der Waals surface area contributed by atoms with Gasteiger partial charge in [0, 0.05) is 10.6 Å². The van der Waals surface area contributed by atoms with Crippen molar-refractivity contribution >= 4 is 35.0 Å². The summed E-state index contributed by atoms with van der Waals surface area (Å²) in [6.45, 7) is 4.12. The number of esters is 1. The molecule has 0 unspecified atom stereocenters. The number of halogens is 2. The number of hydrogen-bond donors (Lipinski definition) is 0. The van der Waals surface area contributed by atoms with Gasteiger partial charge in [-0.2, -0.15) is 0 Å². The lowest BCUT2D eigenvalue weighted by atomic mass is 9.93. The maximum Gasteiger partial charge on any atom is 0.338 e. The molecule has 0 bridgehead atoms. The van der Waals surface area contributed by atoms with Crippen LogP contribution in [0.15, 0.2) is 81.7 Å². The number of benzene rings is 3. The molecule has 0 saturated heterocycles. The Bertz CT molecular complexity index is 1930. The quantitative estimate of drug-likeness (QED) is 0.186. The van der Waals surface area contributed by atoms with Gasteiger partial charge >= 0.3 is 5.97 Å². The number of rotatable bonds is 11. The Morgan fingerprint density at radius 3 is 2.44 bits per heavy atom. The first kappa shape index (κ1) is 32.0. The van der Waals surface area contributed by atoms with Crippen LogP contribution in [0.25, 0.3) is 6.08 Å². The summed E-state index contributed by atoms with van der Waals surface area (Å²) in [4.78, 5) is 32.8. The van der Waals surface area contributed by atoms with Crippen molar-refractivity contribution in [2.24, 2.45) is 4.99 Å². The summed E-state index contributed by atoms with van der Waals surface area (Å²) in [6, 6.07) is 15.6. The van der Waals surface area contributed by atoms with E-state index >= 15 is 0 Å². The second-order valence-corrected chi connectivity index (χ2v) is 11.6. The number of hydrogen-bond acceptors (Lipinski definition) is 8. The van der Waals surface area contributed by atoms with Crippen molar-refractivity contribution in [2.45, 2.75) is 39.3 Å². The summed E-state index contributed by atoms with van der Waals surface area (Å²) in [5.74, 6) is 0.570. The van der Waals surface area contributed by atoms with E-state index in [4.69, 9.17) is 35.5 Å². The summed E-state index contributed by atoms with van der Waals surface area (Å²) in [7, 11) is 3.06. The molecule has 45 heavy (non-hydrogen) atoms. The van der Waals surface area contributed by atoms with E-state index in [1.54, 1.807) is 55.5 Å². The fraction of sp³-hybridized carbons (Fsp3) is 0.265. The second-order valence-electron chi connectivity index (χ2n) is 10.1. The highest BCUT2D eigenvalue weighted by Gasteiger charge is 2.36. The molecule has 234 valence electrons. The highest BCUT2D eigenvalue weighted by molar-refractivity contribution is 7.07. The van der Waals surface area contributed by atoms with Crippen molar-refractivity contribution < 1.29 is 28.1 Å². The average Bonchev–Trinajstić information content (AvgIpc) is 3.34. The molecule has 1 aliphatic heterocycles. The van der Waals surface area contributed by atoms with E-state index in [2.05, 4.69) is 0 Å². The summed E-state index contributed by atoms with van der Waals surface area (Å²) < 4.78 is 37.8. The molecule has 0 spiro atoms. The molecule has 1 aliphatic rings. The van der Waals surface area contributed by atoms with E-state index in [0.29, 0.717) is 54.8 Å². The molecule has 0 fully saturated rings. The first-order chi connectivity index (χ1) is 21.8. The van der Waals surface area contributed by atoms with Gasteiger partial charge in [-0.3, -0.25) is 9.36 Å². The minimum Gasteiger partial charge on any atom is -0.496 e. The zero-order valence-corrected chi connectivity index (χ0v) is 26.8. The molecular weight excluding hydrogens is 619 g/mol. The number of thiazole rings is 1. The van der Waals surface area contributed by atoms with Crippen molar-refractivity contribution in [3.8, 4) is 17.2 Å². The average molecular weight is 651 g/mol. The fourth-order valence-corrected chi connectivity index (χ4v) is 6.32. The maximum absolute atomic E-state index is 14.1. The molecular formula is C34H32ClFN2O6S. The van der Waals surface area contributed by atoms with Crippen LogP contribution in [-0.4, -0.2) is 31.4 Å². The third-order valence-corrected chi connectivity index (χ3v) is 8.39. The summed E-state index contributed by atoms with van der Waals surface area (Å²) >= 11 is 7.65. The lowest BCUT2D eigenvalue weighted by molar-refractivity contribution is -0.139. The van der Waals surface area contributed by atoms with Gasteiger partial charge in [0.05, 0.1) is 36.6 Å². The van der Waals surface area contributed by atoms with Gasteiger partial charge < -0.3 is 18.9 Å². The van der Waals surface area contributed by atoms with Crippen LogP contribution in [0.2, 0.25) is 5.02 Å². The van der Waals surface area contributed by atoms with Gasteiger partial charge in [0.25, 0.3) is 5.56 Å². The van der Waals surface area contributed by atoms with E-state index in [1.807, 2.05) is 13.0 Å². The Labute approximate surface area is 268 Å². The normalized spacial score (nSPS) is 14.5. The van der Waals surface area contributed by atoms with Crippen LogP contribution in [0.4, 0.5) is 4.39 Å². The van der Waals surface area contributed by atoms with Gasteiger partial charge in [0.1, 0.15) is 24.2 Å². The predicted molar refractivity (Wildman–Crippen MR) is 171 cm³/mol. The number of carbonyl (C=O) groups excluding carboxylic acids is 1. The van der Waals surface area contributed by atoms with Crippen molar-refractivity contribution in [1.29, 1.82) is 0 Å². The zero-order valence-electron chi connectivity index (χ0n) is 25.3. The van der Waals surface area contributed by atoms with Gasteiger partial charge in [-0.05, 0) is 73.0 Å². The minimum absolute atomic E-state index is 0.164. The van der Waals surface area contributed by atoms with Crippen molar-refractivity contribution in [3.05, 3.63) is 119 Å². The van der Waals surface area contributed by atoms with Crippen LogP contribution in [0, 0.1) is 5.82 Å².